The van der Waals surface area contributed by atoms with Crippen LogP contribution in [-0.2, 0) is 115 Å². The zero-order valence-electron chi connectivity index (χ0n) is 88.9. The zero-order valence-corrected chi connectivity index (χ0v) is 88.9. The number of benzene rings is 3. The molecule has 0 fully saturated rings. The molecule has 0 unspecified atom stereocenters. The minimum absolute atomic E-state index is 0.0379. The van der Waals surface area contributed by atoms with Gasteiger partial charge in [0, 0.05) is 102 Å². The van der Waals surface area contributed by atoms with E-state index in [0.29, 0.717) is 27.6 Å². The first kappa shape index (κ1) is 128. The maximum absolute atomic E-state index is 15.6. The molecule has 0 radical (unpaired) electrons. The number of phenols is 1. The van der Waals surface area contributed by atoms with Crippen molar-refractivity contribution in [2.24, 2.45) is 23.3 Å². The summed E-state index contributed by atoms with van der Waals surface area (Å²) in [4.78, 5) is 281. The van der Waals surface area contributed by atoms with E-state index in [1.54, 1.807) is 116 Å². The molecule has 43 heteroatoms. The number of hydrazine groups is 3. The van der Waals surface area contributed by atoms with Crippen molar-refractivity contribution in [1.82, 2.24) is 96.0 Å². The van der Waals surface area contributed by atoms with Crippen molar-refractivity contribution in [1.29, 1.82) is 0 Å². The molecule has 1 aliphatic rings. The lowest BCUT2D eigenvalue weighted by Crippen LogP contribution is -2.65. The number of Topliss-reactive ketones (excluding diaryl/α,β-unsaturated/α-hetero) is 13. The number of aliphatic hydroxyl groups excluding tert-OH is 1. The number of carbonyl (C=O) groups excluding carboxylic acids is 19. The number of amides is 6. The maximum Gasteiger partial charge on any atom is 0.303 e. The number of fused-ring (bicyclic) bond motifs is 1. The number of nitrogens with two attached hydrogens (primary N) is 2. The van der Waals surface area contributed by atoms with Gasteiger partial charge in [0.2, 0.25) is 58.6 Å². The summed E-state index contributed by atoms with van der Waals surface area (Å²) in [5.41, 5.74) is 26.5. The molecular weight excluding hydrogens is 1930 g/mol. The van der Waals surface area contributed by atoms with Gasteiger partial charge in [-0.05, 0) is 198 Å². The number of aliphatic carboxylic acids is 1. The van der Waals surface area contributed by atoms with E-state index >= 15 is 19.2 Å². The minimum Gasteiger partial charge on any atom is -0.508 e. The molecule has 18 atom stereocenters. The SMILES string of the molecule is CC(=O)N[C@@H](CC(C)C)C(=O)N[C@H](C(=O)C(=O)[C@H](Cc1ccccc1)NN[C@]1(C)CCCCC#CC#CCCC[C@@](C)(C(=O)CN[C@@H](C)C(=O)CCN[C@@H](C)C(=O)CCN[C@@H](C)C(=O)CCN[C@@H](C)C(=O)CCN[C@@H](C)C(=O)CN[C@H](C)C(N)=O)NC(=O)[C@H](CC(C)C)NN[C@@H](CCC(N)=O)C(=O)CN[C@@H](C)C(=O)CC(=O)[C@H](Cc2c[nH]c3ccccc23)NN[C@@H](Cc2ccc(O)cc2)C(=O)N[C@@H](CCC(=O)O)C(=O)C1=O)[C@@H](C)O. The molecule has 4 aromatic rings. The van der Waals surface area contributed by atoms with Gasteiger partial charge in [-0.15, -0.1) is 0 Å². The Morgan fingerprint density at radius 2 is 1.05 bits per heavy atom. The van der Waals surface area contributed by atoms with Crippen molar-refractivity contribution >= 4 is 127 Å². The molecule has 43 nitrogen and oxygen atoms in total. The first-order chi connectivity index (χ1) is 70.8. The second-order valence-corrected chi connectivity index (χ2v) is 40.0. The highest BCUT2D eigenvalue weighted by molar-refractivity contribution is 6.43. The third kappa shape index (κ3) is 45.8. The second-order valence-electron chi connectivity index (χ2n) is 40.0. The van der Waals surface area contributed by atoms with E-state index in [1.165, 1.54) is 52.0 Å². The molecule has 1 aromatic heterocycles. The van der Waals surface area contributed by atoms with E-state index in [-0.39, 0.29) is 195 Å². The first-order valence-corrected chi connectivity index (χ1v) is 51.4. The van der Waals surface area contributed by atoms with Crippen LogP contribution in [0.25, 0.3) is 10.9 Å². The smallest absolute Gasteiger partial charge is 0.303 e. The molecular formula is C107H158N20O23. The lowest BCUT2D eigenvalue weighted by Gasteiger charge is -2.33. The van der Waals surface area contributed by atoms with Crippen LogP contribution in [-0.4, -0.2) is 291 Å². The number of H-pyrrole nitrogens is 1. The van der Waals surface area contributed by atoms with Gasteiger partial charge in [-0.2, -0.15) is 0 Å². The number of carbonyl (C=O) groups is 20. The zero-order chi connectivity index (χ0) is 112. The molecule has 0 spiro atoms. The third-order valence-corrected chi connectivity index (χ3v) is 26.1. The predicted molar refractivity (Wildman–Crippen MR) is 562 cm³/mol. The lowest BCUT2D eigenvalue weighted by molar-refractivity contribution is -0.144. The number of phenolic OH excluding ortho intramolecular Hbond substituents is 1. The van der Waals surface area contributed by atoms with Crippen molar-refractivity contribution in [2.75, 3.05) is 45.8 Å². The van der Waals surface area contributed by atoms with Gasteiger partial charge in [-0.1, -0.05) is 107 Å². The first-order valence-electron chi connectivity index (χ1n) is 51.4. The summed E-state index contributed by atoms with van der Waals surface area (Å²) in [6.07, 6.45) is -3.01. The Bertz CT molecular complexity index is 5400. The van der Waals surface area contributed by atoms with Crippen molar-refractivity contribution in [3.63, 3.8) is 0 Å². The van der Waals surface area contributed by atoms with Gasteiger partial charge in [0.25, 0.3) is 0 Å². The number of rotatable bonds is 55. The summed E-state index contributed by atoms with van der Waals surface area (Å²) in [6.45, 7) is 23.1. The molecule has 0 saturated carbocycles. The van der Waals surface area contributed by atoms with Gasteiger partial charge in [0.15, 0.2) is 52.0 Å². The normalized spacial score (nSPS) is 21.2. The Labute approximate surface area is 877 Å². The second kappa shape index (κ2) is 65.6. The van der Waals surface area contributed by atoms with Crippen LogP contribution >= 0.6 is 0 Å². The molecule has 0 bridgehead atoms. The molecule has 1 aliphatic heterocycles. The van der Waals surface area contributed by atoms with Crippen molar-refractivity contribution in [2.45, 2.75) is 347 Å². The fraction of sp³-hybridized carbons (Fsp3) is 0.589. The van der Waals surface area contributed by atoms with Gasteiger partial charge in [0.1, 0.15) is 29.9 Å². The van der Waals surface area contributed by atoms with Gasteiger partial charge in [-0.25, -0.2) is 32.6 Å². The Morgan fingerprint density at radius 1 is 0.520 bits per heavy atom. The molecule has 3 aromatic carbocycles. The fourth-order valence-corrected chi connectivity index (χ4v) is 16.3. The lowest BCUT2D eigenvalue weighted by atomic mass is 9.85. The monoisotopic (exact) mass is 2090 g/mol. The summed E-state index contributed by atoms with van der Waals surface area (Å²) < 4.78 is 0. The highest BCUT2D eigenvalue weighted by atomic mass is 16.4. The third-order valence-electron chi connectivity index (χ3n) is 26.1. The van der Waals surface area contributed by atoms with Crippen LogP contribution in [0.5, 0.6) is 5.75 Å². The molecule has 6 amide bonds. The molecule has 150 heavy (non-hydrogen) atoms. The van der Waals surface area contributed by atoms with E-state index < -0.39 is 228 Å². The number of aliphatic hydroxyl groups is 1. The summed E-state index contributed by atoms with van der Waals surface area (Å²) in [5, 5.41) is 63.7. The number of aromatic nitrogens is 1. The van der Waals surface area contributed by atoms with Gasteiger partial charge in [-0.3, -0.25) is 101 Å². The summed E-state index contributed by atoms with van der Waals surface area (Å²) in [7, 11) is 0. The average Bonchev–Trinajstić information content (AvgIpc) is 1.14. The molecule has 5 rings (SSSR count). The highest BCUT2D eigenvalue weighted by Gasteiger charge is 2.45. The molecule has 824 valence electrons. The van der Waals surface area contributed by atoms with E-state index in [4.69, 9.17) is 11.5 Å². The largest absolute Gasteiger partial charge is 0.508 e. The number of aromatic hydroxyl groups is 1. The number of ketones is 13. The number of nitrogens with one attached hydrogen (secondary N) is 18. The van der Waals surface area contributed by atoms with Gasteiger partial charge in [0.05, 0.1) is 110 Å². The van der Waals surface area contributed by atoms with Crippen LogP contribution in [0.4, 0.5) is 0 Å². The number of para-hydroxylation sites is 1. The minimum atomic E-state index is -2.16. The van der Waals surface area contributed by atoms with E-state index in [2.05, 4.69) is 120 Å². The predicted octanol–water partition coefficient (Wildman–Crippen LogP) is 0.170. The Morgan fingerprint density at radius 3 is 1.61 bits per heavy atom. The number of hydrogen-bond donors (Lipinski definition) is 23. The number of primary amides is 2. The summed E-state index contributed by atoms with van der Waals surface area (Å²) >= 11 is 0. The van der Waals surface area contributed by atoms with Crippen LogP contribution in [0, 0.1) is 35.5 Å². The van der Waals surface area contributed by atoms with E-state index in [1.807, 2.05) is 13.8 Å². The number of carboxylic acids is 1. The topological polar surface area (TPSA) is 674 Å². The Balaban J connectivity index is 1.47. The van der Waals surface area contributed by atoms with Crippen LogP contribution in [0.2, 0.25) is 0 Å². The van der Waals surface area contributed by atoms with Crippen LogP contribution < -0.4 is 103 Å². The van der Waals surface area contributed by atoms with Crippen molar-refractivity contribution < 1.29 is 111 Å². The highest BCUT2D eigenvalue weighted by Crippen LogP contribution is 2.25. The molecule has 2 heterocycles. The molecule has 25 N–H and O–H groups in total. The Hall–Kier alpha value is -12.4. The summed E-state index contributed by atoms with van der Waals surface area (Å²) in [6, 6.07) is 3.53. The Kier molecular flexibility index (Phi) is 56.0. The number of aromatic amines is 1. The van der Waals surface area contributed by atoms with Crippen molar-refractivity contribution in [3.8, 4) is 29.4 Å². The maximum atomic E-state index is 15.6. The number of hydrogen-bond acceptors (Lipinski definition) is 35. The van der Waals surface area contributed by atoms with Gasteiger partial charge < -0.3 is 84.9 Å². The quantitative estimate of drug-likeness (QED) is 0.0121. The summed E-state index contributed by atoms with van der Waals surface area (Å²) in [5.74, 6) is -3.86. The molecule has 0 aliphatic carbocycles. The average molecular weight is 2090 g/mol. The molecule has 0 saturated heterocycles. The van der Waals surface area contributed by atoms with Crippen LogP contribution in [0.3, 0.4) is 0 Å². The van der Waals surface area contributed by atoms with Gasteiger partial charge >= 0.3 is 5.97 Å². The van der Waals surface area contributed by atoms with E-state index in [0.717, 1.165) is 6.92 Å². The fourth-order valence-electron chi connectivity index (χ4n) is 16.3. The standard InChI is InChI=1S/C107H158N20O23/c1-62(2)52-83(118-72(13)129)103(148)120-97(71(12)128)100(145)98(143)82(54-73-30-24-23-25-31-73)126-127-107(15)47-29-22-20-18-16-17-19-21-28-46-106(14,94(139)61-116-67(8)89(134)45-50-112-65(6)87(132)43-48-110-64(5)86(131)42-49-111-66(7)88(133)44-51-113-69(10)92(137)59-115-70(11)102(109)147)121-105(150)84(53-63(3)4)124-122-79(38-40-95(108)140)93(138)60-114-68(9)90(135)57-91(136)81(56-75-58-117-78-33-27-26-32-77(75)78)123-125-85(55-74-34-36-76(130)37-35-74)104(149)119-80(39-41-96(141)142)99(144)101(107)146/h23-27,30-37,58,62-71,79-85,97,110-117,122-128,130H,20-22,28-29,38-57,59-61H2,1-15H3,(H2,108,140)(H2,109,147)(H,118,129)(H,119,149)(H,120,148)(H,121,150)(H,141,142)/t64-,65-,66-,67-,68-,69-,70+,71+,79-,80-,81-,82-,83-,84-,85-,97-,106-,107+/m0/s1. The van der Waals surface area contributed by atoms with E-state index in [9.17, 15) is 92.0 Å². The number of carboxylic acid groups (broad SMARTS) is 1. The van der Waals surface area contributed by atoms with Crippen molar-refractivity contribution in [3.05, 3.63) is 102 Å². The van der Waals surface area contributed by atoms with Crippen LogP contribution in [0.15, 0.2) is 85.1 Å². The van der Waals surface area contributed by atoms with Crippen LogP contribution in [0.1, 0.15) is 236 Å².